The van der Waals surface area contributed by atoms with Crippen LogP contribution in [0.1, 0.15) is 39.2 Å². The summed E-state index contributed by atoms with van der Waals surface area (Å²) in [5, 5.41) is 8.00. The SMILES string of the molecule is CC(=O)N[C@@H](Cc1ccccc1)C(=O)N[C@H](C(=O)N[C@H](C=O)CCCN=C(N)N)C(C)C. The van der Waals surface area contributed by atoms with Gasteiger partial charge in [0.15, 0.2) is 5.96 Å². The first-order chi connectivity index (χ1) is 15.1. The summed E-state index contributed by atoms with van der Waals surface area (Å²) in [7, 11) is 0. The first-order valence-corrected chi connectivity index (χ1v) is 10.6. The molecule has 1 rings (SSSR count). The van der Waals surface area contributed by atoms with Gasteiger partial charge < -0.3 is 32.2 Å². The fourth-order valence-electron chi connectivity index (χ4n) is 3.06. The molecule has 0 saturated heterocycles. The van der Waals surface area contributed by atoms with E-state index in [4.69, 9.17) is 11.5 Å². The molecule has 3 atom stereocenters. The van der Waals surface area contributed by atoms with Gasteiger partial charge in [-0.1, -0.05) is 44.2 Å². The maximum absolute atomic E-state index is 12.9. The lowest BCUT2D eigenvalue weighted by Crippen LogP contribution is -2.57. The van der Waals surface area contributed by atoms with Crippen LogP contribution in [0.4, 0.5) is 0 Å². The van der Waals surface area contributed by atoms with Gasteiger partial charge in [-0.05, 0) is 24.3 Å². The van der Waals surface area contributed by atoms with E-state index in [0.717, 1.165) is 5.56 Å². The summed E-state index contributed by atoms with van der Waals surface area (Å²) in [6.07, 6.45) is 1.78. The maximum Gasteiger partial charge on any atom is 0.243 e. The van der Waals surface area contributed by atoms with E-state index in [0.29, 0.717) is 25.7 Å². The van der Waals surface area contributed by atoms with Crippen LogP contribution < -0.4 is 27.4 Å². The third kappa shape index (κ3) is 10.1. The number of aliphatic imine (C=N–C) groups is 1. The Morgan fingerprint density at radius 1 is 1.03 bits per heavy atom. The van der Waals surface area contributed by atoms with Gasteiger partial charge in [0.2, 0.25) is 17.7 Å². The predicted octanol–water partition coefficient (Wildman–Crippen LogP) is -0.388. The molecule has 3 amide bonds. The van der Waals surface area contributed by atoms with Crippen molar-refractivity contribution in [3.8, 4) is 0 Å². The predicted molar refractivity (Wildman–Crippen MR) is 122 cm³/mol. The Bertz CT molecular complexity index is 793. The number of benzene rings is 1. The van der Waals surface area contributed by atoms with Crippen LogP contribution in [-0.4, -0.2) is 54.6 Å². The Kier molecular flexibility index (Phi) is 11.5. The third-order valence-corrected chi connectivity index (χ3v) is 4.68. The van der Waals surface area contributed by atoms with Crippen molar-refractivity contribution in [2.45, 2.75) is 58.2 Å². The number of hydrogen-bond donors (Lipinski definition) is 5. The summed E-state index contributed by atoms with van der Waals surface area (Å²) in [5.41, 5.74) is 11.4. The minimum absolute atomic E-state index is 0.0384. The second kappa shape index (κ2) is 13.8. The first kappa shape index (κ1) is 26.6. The molecule has 0 unspecified atom stereocenters. The van der Waals surface area contributed by atoms with Gasteiger partial charge >= 0.3 is 0 Å². The Hall–Kier alpha value is -3.43. The average molecular weight is 447 g/mol. The summed E-state index contributed by atoms with van der Waals surface area (Å²) < 4.78 is 0. The van der Waals surface area contributed by atoms with Crippen LogP contribution in [0.25, 0.3) is 0 Å². The highest BCUT2D eigenvalue weighted by Crippen LogP contribution is 2.08. The first-order valence-electron chi connectivity index (χ1n) is 10.6. The molecule has 0 bridgehead atoms. The quantitative estimate of drug-likeness (QED) is 0.120. The fraction of sp³-hybridized carbons (Fsp3) is 0.500. The Labute approximate surface area is 188 Å². The van der Waals surface area contributed by atoms with Crippen LogP contribution in [0.3, 0.4) is 0 Å². The molecule has 0 fully saturated rings. The number of amides is 3. The lowest BCUT2D eigenvalue weighted by Gasteiger charge is -2.26. The molecule has 0 aliphatic rings. The van der Waals surface area contributed by atoms with Crippen molar-refractivity contribution in [2.24, 2.45) is 22.4 Å². The van der Waals surface area contributed by atoms with Gasteiger partial charge in [0, 0.05) is 19.9 Å². The van der Waals surface area contributed by atoms with E-state index in [1.165, 1.54) is 6.92 Å². The number of nitrogens with zero attached hydrogens (tertiary/aromatic N) is 1. The summed E-state index contributed by atoms with van der Waals surface area (Å²) in [6, 6.07) is 6.80. The number of nitrogens with one attached hydrogen (secondary N) is 3. The molecule has 0 spiro atoms. The van der Waals surface area contributed by atoms with Crippen LogP contribution in [-0.2, 0) is 25.6 Å². The fourth-order valence-corrected chi connectivity index (χ4v) is 3.06. The number of hydrogen-bond acceptors (Lipinski definition) is 5. The minimum Gasteiger partial charge on any atom is -0.370 e. The normalized spacial score (nSPS) is 13.4. The molecular weight excluding hydrogens is 412 g/mol. The van der Waals surface area contributed by atoms with Crippen molar-refractivity contribution in [2.75, 3.05) is 6.54 Å². The summed E-state index contributed by atoms with van der Waals surface area (Å²) in [4.78, 5) is 52.6. The second-order valence-corrected chi connectivity index (χ2v) is 7.87. The van der Waals surface area contributed by atoms with Crippen molar-refractivity contribution in [1.82, 2.24) is 16.0 Å². The van der Waals surface area contributed by atoms with Gasteiger partial charge in [0.05, 0.1) is 6.04 Å². The van der Waals surface area contributed by atoms with E-state index < -0.39 is 29.9 Å². The number of guanidine groups is 1. The number of nitrogens with two attached hydrogens (primary N) is 2. The van der Waals surface area contributed by atoms with E-state index >= 15 is 0 Å². The highest BCUT2D eigenvalue weighted by Gasteiger charge is 2.29. The lowest BCUT2D eigenvalue weighted by atomic mass is 10.0. The number of rotatable bonds is 13. The van der Waals surface area contributed by atoms with Crippen molar-refractivity contribution in [1.29, 1.82) is 0 Å². The molecule has 1 aromatic carbocycles. The lowest BCUT2D eigenvalue weighted by molar-refractivity contribution is -0.133. The summed E-state index contributed by atoms with van der Waals surface area (Å²) >= 11 is 0. The molecule has 1 aromatic rings. The zero-order chi connectivity index (χ0) is 24.1. The molecular formula is C22H34N6O4. The number of carbonyl (C=O) groups is 4. The average Bonchev–Trinajstić information content (AvgIpc) is 2.73. The molecule has 176 valence electrons. The highest BCUT2D eigenvalue weighted by atomic mass is 16.2. The highest BCUT2D eigenvalue weighted by molar-refractivity contribution is 5.92. The van der Waals surface area contributed by atoms with E-state index in [9.17, 15) is 19.2 Å². The Balaban J connectivity index is 2.81. The molecule has 0 aliphatic carbocycles. The van der Waals surface area contributed by atoms with Gasteiger partial charge in [-0.3, -0.25) is 19.4 Å². The standard InChI is InChI=1S/C22H34N6O4/c1-14(2)19(21(32)27-17(13-29)10-7-11-25-22(23)24)28-20(31)18(26-15(3)30)12-16-8-5-4-6-9-16/h4-6,8-9,13-14,17-19H,7,10-12H2,1-3H3,(H,26,30)(H,27,32)(H,28,31)(H4,23,24,25)/t17-,18-,19-/m0/s1. The van der Waals surface area contributed by atoms with Crippen LogP contribution in [0.5, 0.6) is 0 Å². The second-order valence-electron chi connectivity index (χ2n) is 7.87. The molecule has 7 N–H and O–H groups in total. The van der Waals surface area contributed by atoms with E-state index in [2.05, 4.69) is 20.9 Å². The van der Waals surface area contributed by atoms with E-state index in [-0.39, 0.29) is 24.2 Å². The Morgan fingerprint density at radius 3 is 2.22 bits per heavy atom. The molecule has 0 heterocycles. The zero-order valence-corrected chi connectivity index (χ0v) is 18.8. The van der Waals surface area contributed by atoms with Gasteiger partial charge in [0.1, 0.15) is 18.4 Å². The maximum atomic E-state index is 12.9. The number of carbonyl (C=O) groups excluding carboxylic acids is 4. The summed E-state index contributed by atoms with van der Waals surface area (Å²) in [6.45, 7) is 5.23. The van der Waals surface area contributed by atoms with Crippen molar-refractivity contribution < 1.29 is 19.2 Å². The van der Waals surface area contributed by atoms with E-state index in [1.54, 1.807) is 13.8 Å². The molecule has 0 aromatic heterocycles. The van der Waals surface area contributed by atoms with Crippen LogP contribution in [0, 0.1) is 5.92 Å². The van der Waals surface area contributed by atoms with Crippen LogP contribution in [0.2, 0.25) is 0 Å². The number of aldehydes is 1. The minimum atomic E-state index is -0.880. The molecule has 0 aliphatic heterocycles. The Morgan fingerprint density at radius 2 is 1.69 bits per heavy atom. The van der Waals surface area contributed by atoms with Crippen molar-refractivity contribution in [3.63, 3.8) is 0 Å². The molecule has 10 heteroatoms. The molecule has 10 nitrogen and oxygen atoms in total. The molecule has 0 saturated carbocycles. The van der Waals surface area contributed by atoms with Gasteiger partial charge in [-0.15, -0.1) is 0 Å². The topological polar surface area (TPSA) is 169 Å². The molecule has 32 heavy (non-hydrogen) atoms. The smallest absolute Gasteiger partial charge is 0.243 e. The third-order valence-electron chi connectivity index (χ3n) is 4.68. The van der Waals surface area contributed by atoms with E-state index in [1.807, 2.05) is 30.3 Å². The summed E-state index contributed by atoms with van der Waals surface area (Å²) in [5.74, 6) is -1.60. The van der Waals surface area contributed by atoms with Gasteiger partial charge in [-0.25, -0.2) is 0 Å². The monoisotopic (exact) mass is 446 g/mol. The molecule has 0 radical (unpaired) electrons. The van der Waals surface area contributed by atoms with Crippen LogP contribution in [0.15, 0.2) is 35.3 Å². The van der Waals surface area contributed by atoms with Gasteiger partial charge in [0.25, 0.3) is 0 Å². The zero-order valence-electron chi connectivity index (χ0n) is 18.8. The van der Waals surface area contributed by atoms with Gasteiger partial charge in [-0.2, -0.15) is 0 Å². The largest absolute Gasteiger partial charge is 0.370 e. The van der Waals surface area contributed by atoms with Crippen molar-refractivity contribution in [3.05, 3.63) is 35.9 Å². The van der Waals surface area contributed by atoms with Crippen molar-refractivity contribution >= 4 is 30.0 Å². The van der Waals surface area contributed by atoms with Crippen LogP contribution >= 0.6 is 0 Å².